The van der Waals surface area contributed by atoms with E-state index in [9.17, 15) is 4.79 Å². The van der Waals surface area contributed by atoms with E-state index in [4.69, 9.17) is 5.73 Å². The first-order valence-corrected chi connectivity index (χ1v) is 3.98. The molecule has 0 unspecified atom stereocenters. The van der Waals surface area contributed by atoms with E-state index in [0.29, 0.717) is 19.6 Å². The van der Waals surface area contributed by atoms with Crippen molar-refractivity contribution in [2.75, 3.05) is 26.2 Å². The lowest BCUT2D eigenvalue weighted by atomic mass is 10.4. The largest absolute Gasteiger partial charge is 0.354 e. The Morgan fingerprint density at radius 2 is 2.18 bits per heavy atom. The number of carbonyl (C=O) groups excluding carboxylic acids is 1. The summed E-state index contributed by atoms with van der Waals surface area (Å²) < 4.78 is 0. The zero-order valence-electron chi connectivity index (χ0n) is 7.02. The molecule has 0 saturated carbocycles. The highest BCUT2D eigenvalue weighted by molar-refractivity contribution is 5.77. The molecule has 0 heterocycles. The molecule has 0 atom stereocenters. The molecule has 0 aliphatic rings. The van der Waals surface area contributed by atoms with Gasteiger partial charge in [-0.25, -0.2) is 0 Å². The predicted molar refractivity (Wildman–Crippen MR) is 45.2 cm³/mol. The van der Waals surface area contributed by atoms with Gasteiger partial charge in [-0.1, -0.05) is 6.92 Å². The molecule has 0 aromatic heterocycles. The fraction of sp³-hybridized carbons (Fsp3) is 0.857. The average Bonchev–Trinajstić information content (AvgIpc) is 2.01. The van der Waals surface area contributed by atoms with E-state index in [0.717, 1.165) is 13.0 Å². The highest BCUT2D eigenvalue weighted by Gasteiger charge is 1.96. The Morgan fingerprint density at radius 3 is 2.73 bits per heavy atom. The maximum atomic E-state index is 10.8. The molecule has 0 aliphatic heterocycles. The summed E-state index contributed by atoms with van der Waals surface area (Å²) in [5.41, 5.74) is 5.20. The Bertz CT molecular complexity index is 106. The van der Waals surface area contributed by atoms with Crippen LogP contribution in [0.3, 0.4) is 0 Å². The fourth-order valence-electron chi connectivity index (χ4n) is 0.653. The van der Waals surface area contributed by atoms with Crippen molar-refractivity contribution < 1.29 is 4.79 Å². The Balaban J connectivity index is 3.09. The van der Waals surface area contributed by atoms with Gasteiger partial charge in [0.2, 0.25) is 5.91 Å². The van der Waals surface area contributed by atoms with Crippen molar-refractivity contribution in [1.82, 2.24) is 10.6 Å². The van der Waals surface area contributed by atoms with Crippen molar-refractivity contribution in [3.05, 3.63) is 0 Å². The lowest BCUT2D eigenvalue weighted by Gasteiger charge is -2.03. The topological polar surface area (TPSA) is 67.2 Å². The molecule has 0 saturated heterocycles. The molecule has 11 heavy (non-hydrogen) atoms. The van der Waals surface area contributed by atoms with Crippen LogP contribution < -0.4 is 16.4 Å². The molecule has 0 spiro atoms. The summed E-state index contributed by atoms with van der Waals surface area (Å²) in [5.74, 6) is 0.0175. The van der Waals surface area contributed by atoms with Crippen LogP contribution in [-0.4, -0.2) is 32.1 Å². The van der Waals surface area contributed by atoms with Crippen molar-refractivity contribution in [1.29, 1.82) is 0 Å². The molecular formula is C7H17N3O. The minimum Gasteiger partial charge on any atom is -0.354 e. The third-order valence-corrected chi connectivity index (χ3v) is 1.18. The highest BCUT2D eigenvalue weighted by Crippen LogP contribution is 1.69. The summed E-state index contributed by atoms with van der Waals surface area (Å²) in [6, 6.07) is 0. The van der Waals surface area contributed by atoms with Gasteiger partial charge >= 0.3 is 0 Å². The maximum Gasteiger partial charge on any atom is 0.234 e. The van der Waals surface area contributed by atoms with Gasteiger partial charge in [-0.15, -0.1) is 0 Å². The molecular weight excluding hydrogens is 142 g/mol. The van der Waals surface area contributed by atoms with Crippen LogP contribution in [0.25, 0.3) is 0 Å². The molecule has 0 aliphatic carbocycles. The van der Waals surface area contributed by atoms with E-state index in [1.807, 2.05) is 0 Å². The van der Waals surface area contributed by atoms with Crippen LogP contribution >= 0.6 is 0 Å². The van der Waals surface area contributed by atoms with Gasteiger partial charge in [0.05, 0.1) is 6.54 Å². The molecule has 4 nitrogen and oxygen atoms in total. The summed E-state index contributed by atoms with van der Waals surface area (Å²) in [6.07, 6.45) is 1.05. The van der Waals surface area contributed by atoms with Gasteiger partial charge in [0.1, 0.15) is 0 Å². The summed E-state index contributed by atoms with van der Waals surface area (Å²) in [4.78, 5) is 10.8. The average molecular weight is 159 g/mol. The lowest BCUT2D eigenvalue weighted by molar-refractivity contribution is -0.120. The minimum atomic E-state index is 0.0175. The molecule has 66 valence electrons. The normalized spacial score (nSPS) is 9.64. The highest BCUT2D eigenvalue weighted by atomic mass is 16.1. The van der Waals surface area contributed by atoms with Crippen LogP contribution in [0.15, 0.2) is 0 Å². The monoisotopic (exact) mass is 159 g/mol. The van der Waals surface area contributed by atoms with Gasteiger partial charge in [0.25, 0.3) is 0 Å². The second kappa shape index (κ2) is 7.50. The second-order valence-electron chi connectivity index (χ2n) is 2.32. The van der Waals surface area contributed by atoms with Gasteiger partial charge < -0.3 is 16.4 Å². The standard InChI is InChI=1S/C7H17N3O/c1-2-4-9-6-7(11)10-5-3-8/h9H,2-6,8H2,1H3,(H,10,11). The van der Waals surface area contributed by atoms with Crippen molar-refractivity contribution >= 4 is 5.91 Å². The first-order valence-electron chi connectivity index (χ1n) is 3.98. The van der Waals surface area contributed by atoms with Crippen LogP contribution in [0.2, 0.25) is 0 Å². The Hall–Kier alpha value is -0.610. The summed E-state index contributed by atoms with van der Waals surface area (Å²) in [7, 11) is 0. The van der Waals surface area contributed by atoms with Crippen LogP contribution in [0, 0.1) is 0 Å². The van der Waals surface area contributed by atoms with E-state index >= 15 is 0 Å². The Morgan fingerprint density at radius 1 is 1.45 bits per heavy atom. The quantitative estimate of drug-likeness (QED) is 0.438. The molecule has 0 bridgehead atoms. The SMILES string of the molecule is CCCNCC(=O)NCCN. The van der Waals surface area contributed by atoms with Crippen molar-refractivity contribution in [2.24, 2.45) is 5.73 Å². The molecule has 0 aromatic carbocycles. The third-order valence-electron chi connectivity index (χ3n) is 1.18. The van der Waals surface area contributed by atoms with Crippen molar-refractivity contribution in [2.45, 2.75) is 13.3 Å². The lowest BCUT2D eigenvalue weighted by Crippen LogP contribution is -2.36. The van der Waals surface area contributed by atoms with E-state index < -0.39 is 0 Å². The number of hydrogen-bond donors (Lipinski definition) is 3. The van der Waals surface area contributed by atoms with Gasteiger partial charge in [0.15, 0.2) is 0 Å². The van der Waals surface area contributed by atoms with E-state index in [1.54, 1.807) is 0 Å². The molecule has 0 fully saturated rings. The minimum absolute atomic E-state index is 0.0175. The Labute approximate surface area is 67.5 Å². The zero-order chi connectivity index (χ0) is 8.53. The molecule has 0 radical (unpaired) electrons. The number of rotatable bonds is 6. The summed E-state index contributed by atoms with van der Waals surface area (Å²) in [5, 5.41) is 5.66. The smallest absolute Gasteiger partial charge is 0.234 e. The van der Waals surface area contributed by atoms with Crippen molar-refractivity contribution in [3.8, 4) is 0 Å². The summed E-state index contributed by atoms with van der Waals surface area (Å²) >= 11 is 0. The van der Waals surface area contributed by atoms with Crippen LogP contribution in [0.5, 0.6) is 0 Å². The number of amides is 1. The maximum absolute atomic E-state index is 10.8. The van der Waals surface area contributed by atoms with E-state index in [2.05, 4.69) is 17.6 Å². The third kappa shape index (κ3) is 7.29. The number of nitrogens with two attached hydrogens (primary N) is 1. The molecule has 4 N–H and O–H groups in total. The number of carbonyl (C=O) groups is 1. The van der Waals surface area contributed by atoms with E-state index in [1.165, 1.54) is 0 Å². The number of nitrogens with one attached hydrogen (secondary N) is 2. The van der Waals surface area contributed by atoms with Crippen LogP contribution in [0.4, 0.5) is 0 Å². The zero-order valence-corrected chi connectivity index (χ0v) is 7.02. The van der Waals surface area contributed by atoms with Crippen LogP contribution in [0.1, 0.15) is 13.3 Å². The molecule has 4 heteroatoms. The van der Waals surface area contributed by atoms with E-state index in [-0.39, 0.29) is 5.91 Å². The fourth-order valence-corrected chi connectivity index (χ4v) is 0.653. The first-order chi connectivity index (χ1) is 5.31. The molecule has 0 aromatic rings. The van der Waals surface area contributed by atoms with Gasteiger partial charge in [-0.2, -0.15) is 0 Å². The Kier molecular flexibility index (Phi) is 7.08. The number of hydrogen-bond acceptors (Lipinski definition) is 3. The second-order valence-corrected chi connectivity index (χ2v) is 2.32. The van der Waals surface area contributed by atoms with Gasteiger partial charge in [-0.05, 0) is 13.0 Å². The van der Waals surface area contributed by atoms with Gasteiger partial charge in [-0.3, -0.25) is 4.79 Å². The summed E-state index contributed by atoms with van der Waals surface area (Å²) in [6.45, 7) is 4.40. The van der Waals surface area contributed by atoms with Crippen molar-refractivity contribution in [3.63, 3.8) is 0 Å². The molecule has 0 rings (SSSR count). The van der Waals surface area contributed by atoms with Crippen LogP contribution in [-0.2, 0) is 4.79 Å². The predicted octanol–water partition coefficient (Wildman–Crippen LogP) is -0.939. The van der Waals surface area contributed by atoms with Gasteiger partial charge in [0, 0.05) is 13.1 Å². The first kappa shape index (κ1) is 10.4. The molecule has 1 amide bonds.